The Morgan fingerprint density at radius 1 is 1.31 bits per heavy atom. The molecule has 7 nitrogen and oxygen atoms in total. The molecular formula is C18H22N2O5S. The third kappa shape index (κ3) is 4.64. The molecule has 8 heteroatoms. The van der Waals surface area contributed by atoms with Crippen LogP contribution < -0.4 is 9.50 Å². The molecule has 1 aromatic carbocycles. The van der Waals surface area contributed by atoms with E-state index in [-0.39, 0.29) is 24.7 Å². The van der Waals surface area contributed by atoms with Crippen molar-refractivity contribution in [2.75, 3.05) is 13.1 Å². The van der Waals surface area contributed by atoms with Crippen molar-refractivity contribution in [1.29, 1.82) is 0 Å². The predicted molar refractivity (Wildman–Crippen MR) is 95.6 cm³/mol. The van der Waals surface area contributed by atoms with Crippen molar-refractivity contribution in [3.63, 3.8) is 0 Å². The van der Waals surface area contributed by atoms with E-state index in [9.17, 15) is 13.2 Å². The van der Waals surface area contributed by atoms with E-state index in [4.69, 9.17) is 8.60 Å². The zero-order valence-corrected chi connectivity index (χ0v) is 15.4. The van der Waals surface area contributed by atoms with Crippen molar-refractivity contribution < 1.29 is 21.8 Å². The number of furan rings is 1. The lowest BCUT2D eigenvalue weighted by atomic mass is 9.99. The Labute approximate surface area is 153 Å². The van der Waals surface area contributed by atoms with Crippen LogP contribution in [0.5, 0.6) is 5.75 Å². The Kier molecular flexibility index (Phi) is 5.63. The summed E-state index contributed by atoms with van der Waals surface area (Å²) in [5, 5.41) is 2.79. The summed E-state index contributed by atoms with van der Waals surface area (Å²) < 4.78 is 36.6. The molecular weight excluding hydrogens is 356 g/mol. The number of hydrogen-bond donors (Lipinski definition) is 1. The first kappa shape index (κ1) is 18.5. The summed E-state index contributed by atoms with van der Waals surface area (Å²) in [6.07, 6.45) is 2.79. The highest BCUT2D eigenvalue weighted by atomic mass is 32.2. The Morgan fingerprint density at radius 3 is 2.77 bits per heavy atom. The summed E-state index contributed by atoms with van der Waals surface area (Å²) in [5.74, 6) is 0.327. The van der Waals surface area contributed by atoms with E-state index >= 15 is 0 Å². The molecule has 0 radical (unpaired) electrons. The molecule has 1 saturated heterocycles. The topological polar surface area (TPSA) is 88.9 Å². The monoisotopic (exact) mass is 378 g/mol. The van der Waals surface area contributed by atoms with Gasteiger partial charge in [-0.1, -0.05) is 17.7 Å². The quantitative estimate of drug-likeness (QED) is 0.833. The molecule has 26 heavy (non-hydrogen) atoms. The van der Waals surface area contributed by atoms with Gasteiger partial charge in [0.05, 0.1) is 18.7 Å². The van der Waals surface area contributed by atoms with Crippen LogP contribution in [0.3, 0.4) is 0 Å². The number of carbonyl (C=O) groups excluding carboxylic acids is 1. The first-order valence-corrected chi connectivity index (χ1v) is 9.87. The minimum absolute atomic E-state index is 0.109. The van der Waals surface area contributed by atoms with Crippen LogP contribution >= 0.6 is 0 Å². The number of hydrogen-bond acceptors (Lipinski definition) is 5. The number of amides is 1. The van der Waals surface area contributed by atoms with Gasteiger partial charge in [0.15, 0.2) is 0 Å². The Bertz CT molecular complexity index is 831. The zero-order chi connectivity index (χ0) is 18.6. The fourth-order valence-electron chi connectivity index (χ4n) is 2.86. The minimum Gasteiger partial charge on any atom is -0.467 e. The van der Waals surface area contributed by atoms with Crippen LogP contribution in [0.2, 0.25) is 0 Å². The Balaban J connectivity index is 1.59. The number of nitrogens with zero attached hydrogens (tertiary/aromatic N) is 1. The van der Waals surface area contributed by atoms with Gasteiger partial charge in [-0.3, -0.25) is 4.79 Å². The molecule has 1 atom stereocenters. The van der Waals surface area contributed by atoms with Gasteiger partial charge in [-0.05, 0) is 44.0 Å². The van der Waals surface area contributed by atoms with Gasteiger partial charge in [-0.25, -0.2) is 0 Å². The van der Waals surface area contributed by atoms with Gasteiger partial charge in [0, 0.05) is 13.1 Å². The SMILES string of the molecule is Cc1ccc(OS(=O)(=O)N2CCCC(C(=O)NCc3ccco3)C2)cc1. The van der Waals surface area contributed by atoms with Crippen LogP contribution in [-0.2, 0) is 21.6 Å². The molecule has 1 aliphatic rings. The van der Waals surface area contributed by atoms with Crippen LogP contribution in [0.1, 0.15) is 24.2 Å². The first-order chi connectivity index (χ1) is 12.4. The zero-order valence-electron chi connectivity index (χ0n) is 14.6. The van der Waals surface area contributed by atoms with Crippen molar-refractivity contribution in [2.24, 2.45) is 5.92 Å². The molecule has 2 heterocycles. The molecule has 1 amide bonds. The largest absolute Gasteiger partial charge is 0.467 e. The second kappa shape index (κ2) is 7.92. The molecule has 1 fully saturated rings. The van der Waals surface area contributed by atoms with Crippen molar-refractivity contribution in [3.05, 3.63) is 54.0 Å². The van der Waals surface area contributed by atoms with Crippen molar-refractivity contribution in [3.8, 4) is 5.75 Å². The second-order valence-electron chi connectivity index (χ2n) is 6.35. The van der Waals surface area contributed by atoms with Gasteiger partial charge in [0.1, 0.15) is 11.5 Å². The second-order valence-corrected chi connectivity index (χ2v) is 7.89. The van der Waals surface area contributed by atoms with Gasteiger partial charge in [0.25, 0.3) is 0 Å². The van der Waals surface area contributed by atoms with E-state index < -0.39 is 16.2 Å². The van der Waals surface area contributed by atoms with Gasteiger partial charge >= 0.3 is 10.3 Å². The van der Waals surface area contributed by atoms with Crippen LogP contribution in [0.15, 0.2) is 47.1 Å². The molecule has 0 bridgehead atoms. The molecule has 140 valence electrons. The maximum atomic E-state index is 12.5. The van der Waals surface area contributed by atoms with E-state index in [1.807, 2.05) is 6.92 Å². The maximum absolute atomic E-state index is 12.5. The first-order valence-electron chi connectivity index (χ1n) is 8.50. The fraction of sp³-hybridized carbons (Fsp3) is 0.389. The molecule has 1 N–H and O–H groups in total. The van der Waals surface area contributed by atoms with Crippen molar-refractivity contribution in [2.45, 2.75) is 26.3 Å². The van der Waals surface area contributed by atoms with Crippen molar-refractivity contribution >= 4 is 16.2 Å². The Morgan fingerprint density at radius 2 is 2.08 bits per heavy atom. The molecule has 3 rings (SSSR count). The summed E-state index contributed by atoms with van der Waals surface area (Å²) in [6.45, 7) is 2.65. The van der Waals surface area contributed by atoms with Crippen LogP contribution in [0.25, 0.3) is 0 Å². The third-order valence-corrected chi connectivity index (χ3v) is 5.68. The normalized spacial score (nSPS) is 18.4. The number of rotatable bonds is 6. The lowest BCUT2D eigenvalue weighted by Crippen LogP contribution is -2.46. The number of aryl methyl sites for hydroxylation is 1. The number of carbonyl (C=O) groups is 1. The molecule has 1 unspecified atom stereocenters. The lowest BCUT2D eigenvalue weighted by Gasteiger charge is -2.30. The summed E-state index contributed by atoms with van der Waals surface area (Å²) in [7, 11) is -3.94. The van der Waals surface area contributed by atoms with Crippen LogP contribution in [-0.4, -0.2) is 31.7 Å². The lowest BCUT2D eigenvalue weighted by molar-refractivity contribution is -0.126. The average Bonchev–Trinajstić information content (AvgIpc) is 3.15. The molecule has 0 saturated carbocycles. The highest BCUT2D eigenvalue weighted by Gasteiger charge is 2.33. The van der Waals surface area contributed by atoms with Gasteiger partial charge in [-0.15, -0.1) is 0 Å². The number of nitrogens with one attached hydrogen (secondary N) is 1. The van der Waals surface area contributed by atoms with E-state index in [1.165, 1.54) is 4.31 Å². The highest BCUT2D eigenvalue weighted by molar-refractivity contribution is 7.84. The third-order valence-electron chi connectivity index (χ3n) is 4.31. The number of piperidine rings is 1. The molecule has 0 spiro atoms. The Hall–Kier alpha value is -2.32. The summed E-state index contributed by atoms with van der Waals surface area (Å²) in [5.41, 5.74) is 1.01. The van der Waals surface area contributed by atoms with Crippen LogP contribution in [0.4, 0.5) is 0 Å². The maximum Gasteiger partial charge on any atom is 0.385 e. The van der Waals surface area contributed by atoms with Crippen molar-refractivity contribution in [1.82, 2.24) is 9.62 Å². The van der Waals surface area contributed by atoms with Gasteiger partial charge < -0.3 is 13.9 Å². The summed E-state index contributed by atoms with van der Waals surface area (Å²) in [4.78, 5) is 12.3. The van der Waals surface area contributed by atoms with Crippen LogP contribution in [0, 0.1) is 12.8 Å². The van der Waals surface area contributed by atoms with E-state index in [2.05, 4.69) is 5.32 Å². The standard InChI is InChI=1S/C18H22N2O5S/c1-14-6-8-16(9-7-14)25-26(22,23)20-10-2-4-15(13-20)18(21)19-12-17-5-3-11-24-17/h3,5-9,11,15H,2,4,10,12-13H2,1H3,(H,19,21). The summed E-state index contributed by atoms with van der Waals surface area (Å²) in [6, 6.07) is 10.3. The minimum atomic E-state index is -3.94. The smallest absolute Gasteiger partial charge is 0.385 e. The van der Waals surface area contributed by atoms with E-state index in [1.54, 1.807) is 42.7 Å². The average molecular weight is 378 g/mol. The van der Waals surface area contributed by atoms with E-state index in [0.29, 0.717) is 25.1 Å². The van der Waals surface area contributed by atoms with Gasteiger partial charge in [-0.2, -0.15) is 12.7 Å². The summed E-state index contributed by atoms with van der Waals surface area (Å²) >= 11 is 0. The molecule has 2 aromatic rings. The number of benzene rings is 1. The van der Waals surface area contributed by atoms with Gasteiger partial charge in [0.2, 0.25) is 5.91 Å². The highest BCUT2D eigenvalue weighted by Crippen LogP contribution is 2.22. The molecule has 0 aliphatic carbocycles. The predicted octanol–water partition coefficient (Wildman–Crippen LogP) is 2.24. The van der Waals surface area contributed by atoms with E-state index in [0.717, 1.165) is 5.56 Å². The molecule has 1 aromatic heterocycles. The fourth-order valence-corrected chi connectivity index (χ4v) is 4.03. The molecule has 1 aliphatic heterocycles.